The van der Waals surface area contributed by atoms with Crippen LogP contribution in [0.15, 0.2) is 182 Å². The minimum atomic E-state index is 0. The molecule has 0 spiro atoms. The Bertz CT molecular complexity index is 5140. The van der Waals surface area contributed by atoms with Crippen molar-refractivity contribution in [2.24, 2.45) is 0 Å². The summed E-state index contributed by atoms with van der Waals surface area (Å²) < 4.78 is 0. The second kappa shape index (κ2) is 18.0. The molecule has 0 aliphatic carbocycles. The standard InChI is InChI=1S/C64H30N16.2Fe/c1-3-15-35-33(13-1)49-65-51(35)69-55-41-21-9-11-23-43(41)59(73-55)77-63-47-29-31(25-27-45(47)61(79-63)75-57-39-19-7-5-17-37(39)53(67-49)71-57)32-26-28-46-48(30-32)64-78-60-44-24-12-10-22-42(44)56(74-60)70-52-36-16-4-2-14-34(36)50(66-52)68-54-38-18-6-8-20-40(38)58(72-54)76-62(46)80-64;;/h1-30H;;/q-4;2*+2. The predicted octanol–water partition coefficient (Wildman–Crippen LogP) is 12.2. The van der Waals surface area contributed by atoms with E-state index in [9.17, 15) is 0 Å². The van der Waals surface area contributed by atoms with E-state index in [-0.39, 0.29) is 34.1 Å². The van der Waals surface area contributed by atoms with E-state index in [1.165, 1.54) is 0 Å². The smallest absolute Gasteiger partial charge is 0.357 e. The van der Waals surface area contributed by atoms with Gasteiger partial charge in [0.05, 0.1) is 46.6 Å². The molecule has 18 rings (SSSR count). The van der Waals surface area contributed by atoms with Gasteiger partial charge >= 0.3 is 34.1 Å². The largest absolute Gasteiger partial charge is 2.00 e. The van der Waals surface area contributed by atoms with Gasteiger partial charge in [-0.15, -0.1) is 0 Å². The van der Waals surface area contributed by atoms with Crippen LogP contribution < -0.4 is 19.9 Å². The molecule has 0 radical (unpaired) electrons. The maximum absolute atomic E-state index is 5.26. The molecule has 0 atom stereocenters. The Hall–Kier alpha value is -10.5. The van der Waals surface area contributed by atoms with Gasteiger partial charge in [0.15, 0.2) is 0 Å². The number of benzene rings is 8. The molecule has 14 aromatic rings. The SMILES string of the molecule is [Fe+2].[Fe+2].c1ccc2c(c1)-c1nc-2nc2[n-]c(nc3nc(nc4[n-]c(n1)c1ccccc41)-c1ccc(-c4ccc5c(c4)-c4nc-5nc5[n-]c(nc6nc(nc7[n-]c(n4)c4ccccc74)-c4ccccc4-6)c4ccccc54)cc1-3)c1ccccc21. The zero-order valence-electron chi connectivity index (χ0n) is 42.2. The minimum absolute atomic E-state index is 0. The molecule has 0 saturated heterocycles. The molecular formula is C64H30Fe2N16. The van der Waals surface area contributed by atoms with Gasteiger partial charge in [0.25, 0.3) is 0 Å². The summed E-state index contributed by atoms with van der Waals surface area (Å²) in [7, 11) is 0. The van der Waals surface area contributed by atoms with Crippen molar-refractivity contribution >= 4 is 88.3 Å². The second-order valence-corrected chi connectivity index (χ2v) is 19.8. The predicted molar refractivity (Wildman–Crippen MR) is 307 cm³/mol. The van der Waals surface area contributed by atoms with Gasteiger partial charge in [-0.1, -0.05) is 170 Å². The van der Waals surface area contributed by atoms with Crippen LogP contribution >= 0.6 is 0 Å². The van der Waals surface area contributed by atoms with E-state index in [1.807, 2.05) is 158 Å². The fraction of sp³-hybridized carbons (Fsp3) is 0. The van der Waals surface area contributed by atoms with Crippen LogP contribution in [0.4, 0.5) is 0 Å². The third-order valence-electron chi connectivity index (χ3n) is 15.2. The van der Waals surface area contributed by atoms with Crippen molar-refractivity contribution in [2.45, 2.75) is 0 Å². The van der Waals surface area contributed by atoms with Crippen LogP contribution in [0, 0.1) is 0 Å². The molecular weight excluding hydrogens is 1100 g/mol. The molecule has 0 amide bonds. The zero-order valence-corrected chi connectivity index (χ0v) is 44.4. The quantitative estimate of drug-likeness (QED) is 0.140. The first-order chi connectivity index (χ1) is 39.6. The normalized spacial score (nSPS) is 12.0. The number of hydrogen-bond donors (Lipinski definition) is 0. The van der Waals surface area contributed by atoms with Crippen LogP contribution in [0.2, 0.25) is 0 Å². The van der Waals surface area contributed by atoms with E-state index in [4.69, 9.17) is 79.7 Å². The minimum Gasteiger partial charge on any atom is -0.357 e. The van der Waals surface area contributed by atoms with Crippen LogP contribution in [0.5, 0.6) is 0 Å². The van der Waals surface area contributed by atoms with Gasteiger partial charge in [-0.2, -0.15) is 0 Å². The Morgan fingerprint density at radius 1 is 0.183 bits per heavy atom. The molecule has 0 unspecified atom stereocenters. The first-order valence-corrected chi connectivity index (χ1v) is 25.8. The van der Waals surface area contributed by atoms with Crippen LogP contribution in [0.25, 0.3) is 190 Å². The summed E-state index contributed by atoms with van der Waals surface area (Å²) in [5.41, 5.74) is 12.2. The van der Waals surface area contributed by atoms with Gasteiger partial charge in [-0.3, -0.25) is 0 Å². The summed E-state index contributed by atoms with van der Waals surface area (Å²) in [5.74, 6) is 3.82. The topological polar surface area (TPSA) is 211 Å². The Morgan fingerprint density at radius 3 is 0.585 bits per heavy atom. The summed E-state index contributed by atoms with van der Waals surface area (Å²) in [4.78, 5) is 81.9. The van der Waals surface area contributed by atoms with E-state index < -0.39 is 0 Å². The van der Waals surface area contributed by atoms with Crippen molar-refractivity contribution in [3.05, 3.63) is 182 Å². The number of fused-ring (bicyclic) bond motifs is 40. The summed E-state index contributed by atoms with van der Waals surface area (Å²) in [6.45, 7) is 0. The molecule has 0 saturated carbocycles. The number of nitrogens with zero attached hydrogens (tertiary/aromatic N) is 16. The third kappa shape index (κ3) is 7.16. The molecule has 4 aliphatic rings. The fourth-order valence-electron chi connectivity index (χ4n) is 11.4. The fourth-order valence-corrected chi connectivity index (χ4v) is 11.4. The van der Waals surface area contributed by atoms with Gasteiger partial charge < -0.3 is 59.8 Å². The number of aromatic nitrogens is 16. The van der Waals surface area contributed by atoms with Gasteiger partial charge in [-0.25, -0.2) is 19.9 Å². The van der Waals surface area contributed by atoms with Gasteiger partial charge in [0.1, 0.15) is 0 Å². The average molecular weight is 1130 g/mol. The third-order valence-corrected chi connectivity index (χ3v) is 15.2. The summed E-state index contributed by atoms with van der Waals surface area (Å²) in [6, 6.07) is 60.1. The molecule has 10 heterocycles. The molecule has 8 aromatic carbocycles. The summed E-state index contributed by atoms with van der Waals surface area (Å²) in [6.07, 6.45) is 0. The summed E-state index contributed by atoms with van der Waals surface area (Å²) >= 11 is 0. The van der Waals surface area contributed by atoms with E-state index in [0.29, 0.717) is 91.8 Å². The number of hydrogen-bond acceptors (Lipinski definition) is 12. The van der Waals surface area contributed by atoms with Crippen LogP contribution in [0.1, 0.15) is 0 Å². The molecule has 0 N–H and O–H groups in total. The first-order valence-electron chi connectivity index (χ1n) is 25.8. The Morgan fingerprint density at radius 2 is 0.366 bits per heavy atom. The van der Waals surface area contributed by atoms with E-state index in [0.717, 1.165) is 98.7 Å². The molecule has 382 valence electrons. The molecule has 18 heteroatoms. The molecule has 4 aliphatic heterocycles. The monoisotopic (exact) mass is 1130 g/mol. The Balaban J connectivity index is 0.00000277. The molecule has 0 fully saturated rings. The number of rotatable bonds is 1. The van der Waals surface area contributed by atoms with Crippen molar-refractivity contribution in [3.63, 3.8) is 0 Å². The van der Waals surface area contributed by atoms with Crippen LogP contribution in [-0.2, 0) is 34.1 Å². The maximum atomic E-state index is 5.26. The maximum Gasteiger partial charge on any atom is 2.00 e. The molecule has 82 heavy (non-hydrogen) atoms. The van der Waals surface area contributed by atoms with Crippen LogP contribution in [-0.4, -0.2) is 59.8 Å². The van der Waals surface area contributed by atoms with Crippen molar-refractivity contribution in [1.82, 2.24) is 79.7 Å². The van der Waals surface area contributed by atoms with E-state index in [2.05, 4.69) is 24.3 Å². The summed E-state index contributed by atoms with van der Waals surface area (Å²) in [5, 5.41) is 6.65. The zero-order chi connectivity index (χ0) is 52.2. The van der Waals surface area contributed by atoms with Crippen molar-refractivity contribution < 1.29 is 34.1 Å². The first kappa shape index (κ1) is 47.5. The average Bonchev–Trinajstić information content (AvgIpc) is 3.91. The van der Waals surface area contributed by atoms with E-state index in [1.54, 1.807) is 0 Å². The molecule has 16 nitrogen and oxygen atoms in total. The van der Waals surface area contributed by atoms with Crippen molar-refractivity contribution in [2.75, 3.05) is 0 Å². The second-order valence-electron chi connectivity index (χ2n) is 19.8. The van der Waals surface area contributed by atoms with Crippen molar-refractivity contribution in [1.29, 1.82) is 0 Å². The Labute approximate surface area is 483 Å². The van der Waals surface area contributed by atoms with Gasteiger partial charge in [0, 0.05) is 89.7 Å². The van der Waals surface area contributed by atoms with Gasteiger partial charge in [0.2, 0.25) is 0 Å². The van der Waals surface area contributed by atoms with Gasteiger partial charge in [-0.05, 0) is 66.3 Å². The van der Waals surface area contributed by atoms with Crippen LogP contribution in [0.3, 0.4) is 0 Å². The Kier molecular flexibility index (Phi) is 10.4. The molecule has 6 aromatic heterocycles. The molecule has 16 bridgehead atoms. The van der Waals surface area contributed by atoms with E-state index >= 15 is 0 Å². The van der Waals surface area contributed by atoms with Crippen molar-refractivity contribution in [3.8, 4) is 102 Å².